The van der Waals surface area contributed by atoms with Gasteiger partial charge in [-0.15, -0.1) is 0 Å². The van der Waals surface area contributed by atoms with Gasteiger partial charge in [-0.2, -0.15) is 0 Å². The van der Waals surface area contributed by atoms with Gasteiger partial charge in [0.25, 0.3) is 0 Å². The summed E-state index contributed by atoms with van der Waals surface area (Å²) in [6, 6.07) is 3.79. The van der Waals surface area contributed by atoms with E-state index in [0.29, 0.717) is 11.6 Å². The summed E-state index contributed by atoms with van der Waals surface area (Å²) in [4.78, 5) is 21.9. The lowest BCUT2D eigenvalue weighted by molar-refractivity contribution is 0.0564. The van der Waals surface area contributed by atoms with E-state index >= 15 is 0 Å². The predicted octanol–water partition coefficient (Wildman–Crippen LogP) is 4.59. The normalized spacial score (nSPS) is 21.6. The van der Waals surface area contributed by atoms with Gasteiger partial charge < -0.3 is 4.74 Å². The highest BCUT2D eigenvalue weighted by Gasteiger charge is 2.34. The van der Waals surface area contributed by atoms with Crippen molar-refractivity contribution >= 4 is 39.0 Å². The fourth-order valence-corrected chi connectivity index (χ4v) is 3.48. The zero-order valence-corrected chi connectivity index (χ0v) is 16.0. The van der Waals surface area contributed by atoms with Crippen molar-refractivity contribution in [1.29, 1.82) is 0 Å². The number of aromatic nitrogens is 1. The van der Waals surface area contributed by atoms with E-state index in [0.717, 1.165) is 15.1 Å². The number of thioether (sulfide) groups is 1. The molecule has 1 aromatic heterocycles. The smallest absolute Gasteiger partial charge is 0.413 e. The summed E-state index contributed by atoms with van der Waals surface area (Å²) in [6.45, 7) is 11.5. The molecule has 1 amide bonds. The number of carbonyl (C=O) groups excluding carboxylic acids is 1. The Morgan fingerprint density at radius 3 is 2.83 bits per heavy atom. The van der Waals surface area contributed by atoms with Crippen molar-refractivity contribution in [1.82, 2.24) is 10.3 Å². The van der Waals surface area contributed by atoms with Crippen molar-refractivity contribution in [3.8, 4) is 0 Å². The van der Waals surface area contributed by atoms with Crippen LogP contribution in [0.5, 0.6) is 0 Å². The van der Waals surface area contributed by atoms with Crippen molar-refractivity contribution < 1.29 is 9.53 Å². The van der Waals surface area contributed by atoms with Gasteiger partial charge in [-0.3, -0.25) is 10.3 Å². The molecule has 2 rings (SSSR count). The molecule has 1 aliphatic rings. The second-order valence-electron chi connectivity index (χ2n) is 6.49. The number of hydrogen-bond donors (Lipinski definition) is 1. The van der Waals surface area contributed by atoms with Crippen LogP contribution in [0.25, 0.3) is 0 Å². The molecule has 0 saturated carbocycles. The second kappa shape index (κ2) is 6.65. The Morgan fingerprint density at radius 1 is 1.52 bits per heavy atom. The van der Waals surface area contributed by atoms with Crippen molar-refractivity contribution in [2.75, 3.05) is 0 Å². The van der Waals surface area contributed by atoms with Gasteiger partial charge in [-0.1, -0.05) is 34.3 Å². The molecule has 0 unspecified atom stereocenters. The van der Waals surface area contributed by atoms with Crippen LogP contribution in [0.2, 0.25) is 0 Å². The maximum absolute atomic E-state index is 12.0. The van der Waals surface area contributed by atoms with E-state index < -0.39 is 17.2 Å². The first-order chi connectivity index (χ1) is 10.6. The number of alkyl carbamates (subject to hydrolysis) is 1. The number of carbonyl (C=O) groups is 1. The van der Waals surface area contributed by atoms with Gasteiger partial charge in [0.15, 0.2) is 5.17 Å². The van der Waals surface area contributed by atoms with Gasteiger partial charge in [0.1, 0.15) is 11.1 Å². The van der Waals surface area contributed by atoms with Gasteiger partial charge in [0.2, 0.25) is 0 Å². The maximum atomic E-state index is 12.0. The largest absolute Gasteiger partial charge is 0.444 e. The molecule has 1 N–H and O–H groups in total. The summed E-state index contributed by atoms with van der Waals surface area (Å²) in [6.07, 6.45) is 1.86. The number of halogens is 1. The third-order valence-electron chi connectivity index (χ3n) is 3.01. The average Bonchev–Trinajstić information content (AvgIpc) is 2.34. The Morgan fingerprint density at radius 2 is 2.22 bits per heavy atom. The van der Waals surface area contributed by atoms with Crippen molar-refractivity contribution in [2.45, 2.75) is 45.3 Å². The molecule has 23 heavy (non-hydrogen) atoms. The number of amidine groups is 1. The third-order valence-corrected chi connectivity index (χ3v) is 4.33. The lowest BCUT2D eigenvalue weighted by Crippen LogP contribution is -2.38. The molecule has 0 fully saturated rings. The first-order valence-corrected chi connectivity index (χ1v) is 8.76. The number of aliphatic imine (C=N–C) groups is 1. The number of amides is 1. The van der Waals surface area contributed by atoms with Gasteiger partial charge >= 0.3 is 6.09 Å². The lowest BCUT2D eigenvalue weighted by Gasteiger charge is -2.31. The average molecular weight is 398 g/mol. The maximum Gasteiger partial charge on any atom is 0.413 e. The molecule has 1 atom stereocenters. The monoisotopic (exact) mass is 397 g/mol. The zero-order valence-electron chi connectivity index (χ0n) is 13.6. The van der Waals surface area contributed by atoms with E-state index in [1.54, 1.807) is 6.20 Å². The number of hydrogen-bond acceptors (Lipinski definition) is 5. The molecular weight excluding hydrogens is 378 g/mol. The van der Waals surface area contributed by atoms with Crippen LogP contribution in [0.15, 0.2) is 39.3 Å². The summed E-state index contributed by atoms with van der Waals surface area (Å²) in [5, 5.41) is 3.17. The number of ether oxygens (including phenoxy) is 1. The highest BCUT2D eigenvalue weighted by Crippen LogP contribution is 2.40. The lowest BCUT2D eigenvalue weighted by atomic mass is 9.93. The van der Waals surface area contributed by atoms with Crippen molar-refractivity contribution in [3.05, 3.63) is 40.0 Å². The molecule has 0 spiro atoms. The highest BCUT2D eigenvalue weighted by atomic mass is 79.9. The quantitative estimate of drug-likeness (QED) is 0.752. The van der Waals surface area contributed by atoms with Crippen LogP contribution in [-0.2, 0) is 10.3 Å². The van der Waals surface area contributed by atoms with Crippen LogP contribution in [-0.4, -0.2) is 21.8 Å². The Kier molecular flexibility index (Phi) is 5.20. The van der Waals surface area contributed by atoms with Crippen LogP contribution in [0.1, 0.15) is 39.8 Å². The van der Waals surface area contributed by atoms with Crippen LogP contribution in [0, 0.1) is 0 Å². The van der Waals surface area contributed by atoms with Crippen molar-refractivity contribution in [2.24, 2.45) is 4.99 Å². The van der Waals surface area contributed by atoms with E-state index in [9.17, 15) is 4.79 Å². The molecular formula is C16H20BrN3O2S. The molecule has 1 aromatic rings. The molecule has 0 radical (unpaired) electrons. The highest BCUT2D eigenvalue weighted by molar-refractivity contribution is 9.10. The Balaban J connectivity index is 2.25. The van der Waals surface area contributed by atoms with E-state index in [-0.39, 0.29) is 0 Å². The zero-order chi connectivity index (χ0) is 17.3. The van der Waals surface area contributed by atoms with Gasteiger partial charge in [-0.25, -0.2) is 9.79 Å². The summed E-state index contributed by atoms with van der Waals surface area (Å²) in [7, 11) is 0. The molecule has 7 heteroatoms. The molecule has 0 aliphatic carbocycles. The van der Waals surface area contributed by atoms with E-state index in [1.807, 2.05) is 39.8 Å². The fraction of sp³-hybridized carbons (Fsp3) is 0.438. The molecule has 2 heterocycles. The Labute approximate surface area is 149 Å². The predicted molar refractivity (Wildman–Crippen MR) is 97.4 cm³/mol. The topological polar surface area (TPSA) is 63.6 Å². The molecule has 1 aliphatic heterocycles. The van der Waals surface area contributed by atoms with Crippen LogP contribution in [0.4, 0.5) is 4.79 Å². The summed E-state index contributed by atoms with van der Waals surface area (Å²) < 4.78 is 6.21. The van der Waals surface area contributed by atoms with Crippen LogP contribution >= 0.6 is 27.7 Å². The van der Waals surface area contributed by atoms with Crippen LogP contribution < -0.4 is 5.32 Å². The Hall–Kier alpha value is -1.34. The van der Waals surface area contributed by atoms with Crippen molar-refractivity contribution in [3.63, 3.8) is 0 Å². The van der Waals surface area contributed by atoms with Gasteiger partial charge in [-0.05, 0) is 44.7 Å². The minimum Gasteiger partial charge on any atom is -0.444 e. The minimum absolute atomic E-state index is 0.472. The standard InChI is InChI=1S/C16H20BrN3O2S/c1-10-9-16(5,12-8-11(17)6-7-18-12)20-13(23-10)19-14(21)22-15(2,3)4/h6-8H,1,9H2,2-5H3,(H,19,20,21)/t16-/m0/s1. The molecule has 5 nitrogen and oxygen atoms in total. The van der Waals surface area contributed by atoms with Gasteiger partial charge in [0.05, 0.1) is 5.69 Å². The summed E-state index contributed by atoms with van der Waals surface area (Å²) >= 11 is 4.80. The SMILES string of the molecule is C=C1C[C@@](C)(c2cc(Br)ccn2)N=C(NC(=O)OC(C)(C)C)S1. The number of pyridine rings is 1. The first-order valence-electron chi connectivity index (χ1n) is 7.15. The summed E-state index contributed by atoms with van der Waals surface area (Å²) in [5.74, 6) is 0. The molecule has 124 valence electrons. The second-order valence-corrected chi connectivity index (χ2v) is 8.58. The van der Waals surface area contributed by atoms with E-state index in [4.69, 9.17) is 4.74 Å². The fourth-order valence-electron chi connectivity index (χ4n) is 2.13. The number of rotatable bonds is 1. The van der Waals surface area contributed by atoms with E-state index in [2.05, 4.69) is 37.8 Å². The minimum atomic E-state index is -0.573. The number of nitrogens with zero attached hydrogens (tertiary/aromatic N) is 2. The summed E-state index contributed by atoms with van der Waals surface area (Å²) in [5.41, 5.74) is -0.316. The number of nitrogens with one attached hydrogen (secondary N) is 1. The Bertz CT molecular complexity index is 670. The van der Waals surface area contributed by atoms with E-state index in [1.165, 1.54) is 11.8 Å². The third kappa shape index (κ3) is 5.07. The van der Waals surface area contributed by atoms with Crippen LogP contribution in [0.3, 0.4) is 0 Å². The molecule has 0 aromatic carbocycles. The molecule has 0 bridgehead atoms. The first kappa shape index (κ1) is 18.0. The molecule has 0 saturated heterocycles. The van der Waals surface area contributed by atoms with Gasteiger partial charge in [0, 0.05) is 17.1 Å².